The van der Waals surface area contributed by atoms with E-state index < -0.39 is 0 Å². The second-order valence-corrected chi connectivity index (χ2v) is 5.16. The van der Waals surface area contributed by atoms with Gasteiger partial charge >= 0.3 is 0 Å². The molecule has 0 saturated carbocycles. The maximum Gasteiger partial charge on any atom is 0.0438 e. The average molecular weight is 216 g/mol. The first kappa shape index (κ1) is 10.0. The number of hydrogen-bond acceptors (Lipinski definition) is 2. The van der Waals surface area contributed by atoms with Crippen molar-refractivity contribution in [2.45, 2.75) is 39.5 Å². The summed E-state index contributed by atoms with van der Waals surface area (Å²) in [5.41, 5.74) is 14.6. The van der Waals surface area contributed by atoms with E-state index in [1.807, 2.05) is 0 Å². The normalized spacial score (nSPS) is 18.5. The summed E-state index contributed by atoms with van der Waals surface area (Å²) in [4.78, 5) is 2.58. The second kappa shape index (κ2) is 3.41. The van der Waals surface area contributed by atoms with Gasteiger partial charge in [0, 0.05) is 24.5 Å². The summed E-state index contributed by atoms with van der Waals surface area (Å²) in [6.07, 6.45) is 5.01. The predicted molar refractivity (Wildman–Crippen MR) is 69.2 cm³/mol. The van der Waals surface area contributed by atoms with Crippen LogP contribution < -0.4 is 10.6 Å². The monoisotopic (exact) mass is 216 g/mol. The Labute approximate surface area is 97.4 Å². The molecule has 0 aromatic heterocycles. The number of benzene rings is 1. The van der Waals surface area contributed by atoms with E-state index in [-0.39, 0.29) is 0 Å². The molecule has 0 fully saturated rings. The van der Waals surface area contributed by atoms with Crippen LogP contribution in [0.25, 0.3) is 0 Å². The van der Waals surface area contributed by atoms with Crippen molar-refractivity contribution in [3.63, 3.8) is 0 Å². The lowest BCUT2D eigenvalue weighted by molar-refractivity contribution is 0.630. The van der Waals surface area contributed by atoms with Gasteiger partial charge in [-0.3, -0.25) is 0 Å². The third kappa shape index (κ3) is 1.19. The van der Waals surface area contributed by atoms with Gasteiger partial charge in [-0.2, -0.15) is 0 Å². The summed E-state index contributed by atoms with van der Waals surface area (Å²) in [5, 5.41) is 0. The lowest BCUT2D eigenvalue weighted by Crippen LogP contribution is -2.35. The summed E-state index contributed by atoms with van der Waals surface area (Å²) in [6.45, 7) is 6.86. The van der Waals surface area contributed by atoms with E-state index in [1.165, 1.54) is 61.0 Å². The molecule has 86 valence electrons. The summed E-state index contributed by atoms with van der Waals surface area (Å²) in [5.74, 6) is 0. The topological polar surface area (TPSA) is 29.3 Å². The van der Waals surface area contributed by atoms with Crippen molar-refractivity contribution in [2.75, 3.05) is 23.7 Å². The predicted octanol–water partition coefficient (Wildman–Crippen LogP) is 2.58. The van der Waals surface area contributed by atoms with E-state index in [9.17, 15) is 0 Å². The quantitative estimate of drug-likeness (QED) is 0.675. The van der Waals surface area contributed by atoms with Crippen LogP contribution in [0.2, 0.25) is 0 Å². The number of nitrogen functional groups attached to an aromatic ring is 1. The van der Waals surface area contributed by atoms with Gasteiger partial charge in [0.2, 0.25) is 0 Å². The molecular weight excluding hydrogens is 196 g/mol. The minimum atomic E-state index is 1.04. The highest BCUT2D eigenvalue weighted by molar-refractivity contribution is 5.75. The first-order chi connectivity index (χ1) is 7.70. The maximum absolute atomic E-state index is 6.23. The molecule has 1 aromatic carbocycles. The zero-order chi connectivity index (χ0) is 11.3. The van der Waals surface area contributed by atoms with Crippen molar-refractivity contribution in [3.05, 3.63) is 22.3 Å². The van der Waals surface area contributed by atoms with Gasteiger partial charge < -0.3 is 10.6 Å². The second-order valence-electron chi connectivity index (χ2n) is 5.16. The van der Waals surface area contributed by atoms with Gasteiger partial charge in [-0.05, 0) is 61.8 Å². The molecule has 0 spiro atoms. The molecule has 0 bridgehead atoms. The van der Waals surface area contributed by atoms with Crippen molar-refractivity contribution in [2.24, 2.45) is 0 Å². The first-order valence-corrected chi connectivity index (χ1v) is 6.35. The van der Waals surface area contributed by atoms with Gasteiger partial charge in [-0.1, -0.05) is 0 Å². The Hall–Kier alpha value is -1.18. The van der Waals surface area contributed by atoms with Crippen LogP contribution in [0.5, 0.6) is 0 Å². The molecule has 1 aromatic rings. The average Bonchev–Trinajstić information content (AvgIpc) is 2.33. The molecule has 2 heterocycles. The van der Waals surface area contributed by atoms with Crippen LogP contribution in [0.1, 0.15) is 35.1 Å². The van der Waals surface area contributed by atoms with Crippen LogP contribution in [0.4, 0.5) is 11.4 Å². The van der Waals surface area contributed by atoms with Crippen LogP contribution in [0, 0.1) is 13.8 Å². The van der Waals surface area contributed by atoms with Crippen molar-refractivity contribution < 1.29 is 0 Å². The van der Waals surface area contributed by atoms with E-state index in [1.54, 1.807) is 5.69 Å². The summed E-state index contributed by atoms with van der Waals surface area (Å²) >= 11 is 0. The molecule has 2 heteroatoms. The van der Waals surface area contributed by atoms with Crippen LogP contribution in [0.3, 0.4) is 0 Å². The van der Waals surface area contributed by atoms with Crippen LogP contribution in [0.15, 0.2) is 0 Å². The molecule has 16 heavy (non-hydrogen) atoms. The molecule has 2 N–H and O–H groups in total. The first-order valence-electron chi connectivity index (χ1n) is 6.35. The van der Waals surface area contributed by atoms with Gasteiger partial charge in [0.05, 0.1) is 0 Å². The van der Waals surface area contributed by atoms with Gasteiger partial charge in [0.15, 0.2) is 0 Å². The fourth-order valence-corrected chi connectivity index (χ4v) is 3.37. The highest BCUT2D eigenvalue weighted by Gasteiger charge is 2.27. The zero-order valence-corrected chi connectivity index (χ0v) is 10.3. The lowest BCUT2D eigenvalue weighted by atomic mass is 9.85. The highest BCUT2D eigenvalue weighted by Crippen LogP contribution is 2.41. The molecule has 0 radical (unpaired) electrons. The molecule has 0 saturated heterocycles. The standard InChI is InChI=1S/C14H20N2/c1-9-11-5-3-7-16-8-4-6-12(14(11)16)10(2)13(9)15/h3-8,15H2,1-2H3. The zero-order valence-electron chi connectivity index (χ0n) is 10.3. The highest BCUT2D eigenvalue weighted by atomic mass is 15.1. The lowest BCUT2D eigenvalue weighted by Gasteiger charge is -2.39. The van der Waals surface area contributed by atoms with Crippen molar-refractivity contribution in [1.29, 1.82) is 0 Å². The summed E-state index contributed by atoms with van der Waals surface area (Å²) in [7, 11) is 0. The van der Waals surface area contributed by atoms with Gasteiger partial charge in [-0.15, -0.1) is 0 Å². The van der Waals surface area contributed by atoms with E-state index in [0.717, 1.165) is 5.69 Å². The van der Waals surface area contributed by atoms with Gasteiger partial charge in [0.1, 0.15) is 0 Å². The van der Waals surface area contributed by atoms with E-state index in [0.29, 0.717) is 0 Å². The number of nitrogens with zero attached hydrogens (tertiary/aromatic N) is 1. The smallest absolute Gasteiger partial charge is 0.0438 e. The Balaban J connectivity index is 2.32. The van der Waals surface area contributed by atoms with E-state index in [4.69, 9.17) is 5.73 Å². The molecule has 0 amide bonds. The van der Waals surface area contributed by atoms with E-state index >= 15 is 0 Å². The van der Waals surface area contributed by atoms with Gasteiger partial charge in [-0.25, -0.2) is 0 Å². The van der Waals surface area contributed by atoms with Crippen LogP contribution >= 0.6 is 0 Å². The number of nitrogens with two attached hydrogens (primary N) is 1. The molecule has 2 aliphatic heterocycles. The van der Waals surface area contributed by atoms with E-state index in [2.05, 4.69) is 18.7 Å². The maximum atomic E-state index is 6.23. The largest absolute Gasteiger partial charge is 0.398 e. The number of rotatable bonds is 0. The van der Waals surface area contributed by atoms with Crippen LogP contribution in [-0.4, -0.2) is 13.1 Å². The molecule has 2 nitrogen and oxygen atoms in total. The Morgan fingerprint density at radius 2 is 1.44 bits per heavy atom. The third-order valence-corrected chi connectivity index (χ3v) is 4.31. The SMILES string of the molecule is Cc1c(N)c(C)c2c3c1CCCN3CCC2. The Morgan fingerprint density at radius 1 is 0.938 bits per heavy atom. The molecule has 2 aliphatic rings. The molecular formula is C14H20N2. The van der Waals surface area contributed by atoms with Crippen molar-refractivity contribution >= 4 is 11.4 Å². The molecule has 0 atom stereocenters. The van der Waals surface area contributed by atoms with Crippen molar-refractivity contribution in [1.82, 2.24) is 0 Å². The van der Waals surface area contributed by atoms with Crippen LogP contribution in [-0.2, 0) is 12.8 Å². The fraction of sp³-hybridized carbons (Fsp3) is 0.571. The Bertz CT molecular complexity index is 412. The van der Waals surface area contributed by atoms with Crippen molar-refractivity contribution in [3.8, 4) is 0 Å². The third-order valence-electron chi connectivity index (χ3n) is 4.31. The molecule has 0 aliphatic carbocycles. The molecule has 3 rings (SSSR count). The Kier molecular flexibility index (Phi) is 2.13. The number of hydrogen-bond donors (Lipinski definition) is 1. The molecule has 0 unspecified atom stereocenters. The number of anilines is 2. The summed E-state index contributed by atoms with van der Waals surface area (Å²) < 4.78 is 0. The van der Waals surface area contributed by atoms with Gasteiger partial charge in [0.25, 0.3) is 0 Å². The fourth-order valence-electron chi connectivity index (χ4n) is 3.37. The minimum absolute atomic E-state index is 1.04. The Morgan fingerprint density at radius 3 is 1.94 bits per heavy atom. The minimum Gasteiger partial charge on any atom is -0.398 e. The summed E-state index contributed by atoms with van der Waals surface area (Å²) in [6, 6.07) is 0.